The quantitative estimate of drug-likeness (QED) is 0.525. The van der Waals surface area contributed by atoms with Gasteiger partial charge in [0.05, 0.1) is 17.0 Å². The highest BCUT2D eigenvalue weighted by atomic mass is 32.1. The summed E-state index contributed by atoms with van der Waals surface area (Å²) in [5.41, 5.74) is 1.45. The molecule has 0 fully saturated rings. The normalized spacial score (nSPS) is 11.3. The van der Waals surface area contributed by atoms with Gasteiger partial charge >= 0.3 is 0 Å². The SMILES string of the molecule is CCOc1cccc2sc(N(CCN(CC)CC)C(=O)c3snnc3C)nc12. The largest absolute Gasteiger partial charge is 0.492 e. The van der Waals surface area contributed by atoms with Crippen LogP contribution in [0.1, 0.15) is 36.1 Å². The number of fused-ring (bicyclic) bond motifs is 1. The number of likely N-dealkylation sites (N-methyl/N-ethyl adjacent to an activating group) is 1. The monoisotopic (exact) mass is 419 g/mol. The summed E-state index contributed by atoms with van der Waals surface area (Å²) in [4.78, 5) is 22.6. The Morgan fingerprint density at radius 2 is 1.96 bits per heavy atom. The highest BCUT2D eigenvalue weighted by molar-refractivity contribution is 7.22. The predicted molar refractivity (Wildman–Crippen MR) is 115 cm³/mol. The molecule has 2 heterocycles. The van der Waals surface area contributed by atoms with Gasteiger partial charge in [0, 0.05) is 13.1 Å². The number of benzene rings is 1. The molecule has 28 heavy (non-hydrogen) atoms. The van der Waals surface area contributed by atoms with Crippen LogP contribution in [0.4, 0.5) is 5.13 Å². The fraction of sp³-hybridized carbons (Fsp3) is 0.474. The second kappa shape index (κ2) is 9.40. The van der Waals surface area contributed by atoms with Gasteiger partial charge in [-0.05, 0) is 50.6 Å². The number of hydrogen-bond acceptors (Lipinski definition) is 8. The number of hydrogen-bond donors (Lipinski definition) is 0. The van der Waals surface area contributed by atoms with Crippen LogP contribution in [0.15, 0.2) is 18.2 Å². The minimum Gasteiger partial charge on any atom is -0.492 e. The third kappa shape index (κ3) is 4.31. The molecule has 1 aromatic carbocycles. The third-order valence-electron chi connectivity index (χ3n) is 4.53. The Kier molecular flexibility index (Phi) is 6.93. The van der Waals surface area contributed by atoms with Gasteiger partial charge in [-0.1, -0.05) is 35.7 Å². The Balaban J connectivity index is 1.98. The standard InChI is InChI=1S/C19H25N5O2S2/c1-5-23(6-2)11-12-24(18(25)17-13(4)21-22-28-17)19-20-16-14(26-7-3)9-8-10-15(16)27-19/h8-10H,5-7,11-12H2,1-4H3. The zero-order chi connectivity index (χ0) is 20.1. The van der Waals surface area contributed by atoms with Gasteiger partial charge < -0.3 is 9.64 Å². The molecule has 0 aliphatic heterocycles. The first kappa shape index (κ1) is 20.6. The molecule has 0 N–H and O–H groups in total. The fourth-order valence-electron chi connectivity index (χ4n) is 2.91. The topological polar surface area (TPSA) is 71.5 Å². The molecule has 9 heteroatoms. The molecule has 0 aliphatic carbocycles. The van der Waals surface area contributed by atoms with Crippen molar-refractivity contribution in [2.75, 3.05) is 37.7 Å². The number of aromatic nitrogens is 3. The Labute approximate surface area is 173 Å². The summed E-state index contributed by atoms with van der Waals surface area (Å²) in [5, 5.41) is 4.67. The maximum atomic E-state index is 13.3. The van der Waals surface area contributed by atoms with Gasteiger partial charge in [-0.2, -0.15) is 0 Å². The Bertz CT molecular complexity index is 935. The lowest BCUT2D eigenvalue weighted by Crippen LogP contribution is -2.38. The van der Waals surface area contributed by atoms with E-state index in [1.165, 1.54) is 11.3 Å². The van der Waals surface area contributed by atoms with Crippen molar-refractivity contribution in [2.24, 2.45) is 0 Å². The molecule has 0 aliphatic rings. The lowest BCUT2D eigenvalue weighted by Gasteiger charge is -2.24. The molecule has 0 spiro atoms. The van der Waals surface area contributed by atoms with Crippen LogP contribution in [0.5, 0.6) is 5.75 Å². The Morgan fingerprint density at radius 3 is 2.61 bits per heavy atom. The van der Waals surface area contributed by atoms with Crippen molar-refractivity contribution in [3.63, 3.8) is 0 Å². The van der Waals surface area contributed by atoms with Crippen molar-refractivity contribution in [2.45, 2.75) is 27.7 Å². The minimum absolute atomic E-state index is 0.100. The highest BCUT2D eigenvalue weighted by Gasteiger charge is 2.25. The van der Waals surface area contributed by atoms with Crippen molar-refractivity contribution in [1.82, 2.24) is 19.5 Å². The van der Waals surface area contributed by atoms with Gasteiger partial charge in [0.15, 0.2) is 5.13 Å². The number of para-hydroxylation sites is 1. The number of carbonyl (C=O) groups is 1. The lowest BCUT2D eigenvalue weighted by molar-refractivity contribution is 0.0987. The third-order valence-corrected chi connectivity index (χ3v) is 6.39. The fourth-order valence-corrected chi connectivity index (χ4v) is 4.53. The van der Waals surface area contributed by atoms with Gasteiger partial charge in [0.2, 0.25) is 0 Å². The van der Waals surface area contributed by atoms with Gasteiger partial charge in [-0.15, -0.1) is 5.10 Å². The van der Waals surface area contributed by atoms with Crippen LogP contribution in [0.25, 0.3) is 10.2 Å². The summed E-state index contributed by atoms with van der Waals surface area (Å²) in [6.45, 7) is 11.8. The van der Waals surface area contributed by atoms with E-state index in [0.29, 0.717) is 28.9 Å². The summed E-state index contributed by atoms with van der Waals surface area (Å²) in [6.07, 6.45) is 0. The average Bonchev–Trinajstić information content (AvgIpc) is 3.32. The van der Waals surface area contributed by atoms with Crippen LogP contribution in [-0.2, 0) is 0 Å². The Morgan fingerprint density at radius 1 is 1.18 bits per heavy atom. The van der Waals surface area contributed by atoms with Crippen LogP contribution in [0, 0.1) is 6.92 Å². The molecule has 0 saturated carbocycles. The number of rotatable bonds is 9. The zero-order valence-electron chi connectivity index (χ0n) is 16.6. The van der Waals surface area contributed by atoms with E-state index >= 15 is 0 Å². The maximum absolute atomic E-state index is 13.3. The molecule has 3 rings (SSSR count). The highest BCUT2D eigenvalue weighted by Crippen LogP contribution is 2.35. The van der Waals surface area contributed by atoms with Crippen molar-refractivity contribution >= 4 is 44.1 Å². The van der Waals surface area contributed by atoms with Crippen molar-refractivity contribution < 1.29 is 9.53 Å². The zero-order valence-corrected chi connectivity index (χ0v) is 18.3. The summed E-state index contributed by atoms with van der Waals surface area (Å²) in [6, 6.07) is 5.87. The van der Waals surface area contributed by atoms with Gasteiger partial charge in [-0.25, -0.2) is 4.98 Å². The number of thiazole rings is 1. The number of carbonyl (C=O) groups excluding carboxylic acids is 1. The summed E-state index contributed by atoms with van der Waals surface area (Å²) in [5.74, 6) is 0.644. The second-order valence-electron chi connectivity index (χ2n) is 6.20. The van der Waals surface area contributed by atoms with E-state index in [1.54, 1.807) is 4.90 Å². The number of nitrogens with zero attached hydrogens (tertiary/aromatic N) is 5. The molecule has 150 valence electrons. The van der Waals surface area contributed by atoms with Crippen LogP contribution in [0.2, 0.25) is 0 Å². The first-order valence-electron chi connectivity index (χ1n) is 9.44. The first-order valence-corrected chi connectivity index (χ1v) is 11.0. The van der Waals surface area contributed by atoms with E-state index in [-0.39, 0.29) is 5.91 Å². The van der Waals surface area contributed by atoms with E-state index in [2.05, 4.69) is 28.3 Å². The molecule has 0 bridgehead atoms. The van der Waals surface area contributed by atoms with Crippen LogP contribution in [0.3, 0.4) is 0 Å². The number of aryl methyl sites for hydroxylation is 1. The second-order valence-corrected chi connectivity index (χ2v) is 7.97. The Hall–Kier alpha value is -2.10. The molecule has 1 amide bonds. The van der Waals surface area contributed by atoms with Gasteiger partial charge in [0.25, 0.3) is 5.91 Å². The van der Waals surface area contributed by atoms with Crippen LogP contribution in [-0.4, -0.2) is 58.2 Å². The van der Waals surface area contributed by atoms with E-state index in [4.69, 9.17) is 9.72 Å². The summed E-state index contributed by atoms with van der Waals surface area (Å²) in [7, 11) is 0. The molecule has 0 saturated heterocycles. The van der Waals surface area contributed by atoms with E-state index in [1.807, 2.05) is 32.0 Å². The minimum atomic E-state index is -0.100. The molecular formula is C19H25N5O2S2. The van der Waals surface area contributed by atoms with Crippen molar-refractivity contribution in [3.05, 3.63) is 28.8 Å². The van der Waals surface area contributed by atoms with E-state index in [0.717, 1.165) is 47.1 Å². The maximum Gasteiger partial charge on any atom is 0.273 e. The average molecular weight is 420 g/mol. The first-order chi connectivity index (χ1) is 13.6. The van der Waals surface area contributed by atoms with Crippen molar-refractivity contribution in [1.29, 1.82) is 0 Å². The van der Waals surface area contributed by atoms with Crippen molar-refractivity contribution in [3.8, 4) is 5.75 Å². The van der Waals surface area contributed by atoms with Gasteiger partial charge in [0.1, 0.15) is 16.1 Å². The molecule has 2 aromatic heterocycles. The van der Waals surface area contributed by atoms with Crippen LogP contribution >= 0.6 is 22.9 Å². The molecular weight excluding hydrogens is 394 g/mol. The van der Waals surface area contributed by atoms with E-state index < -0.39 is 0 Å². The van der Waals surface area contributed by atoms with Crippen LogP contribution < -0.4 is 9.64 Å². The summed E-state index contributed by atoms with van der Waals surface area (Å²) < 4.78 is 10.6. The number of amides is 1. The van der Waals surface area contributed by atoms with E-state index in [9.17, 15) is 4.79 Å². The molecule has 0 unspecified atom stereocenters. The number of anilines is 1. The summed E-state index contributed by atoms with van der Waals surface area (Å²) >= 11 is 2.63. The molecule has 7 nitrogen and oxygen atoms in total. The van der Waals surface area contributed by atoms with Gasteiger partial charge in [-0.3, -0.25) is 9.69 Å². The molecule has 0 radical (unpaired) electrons. The molecule has 0 atom stereocenters. The smallest absolute Gasteiger partial charge is 0.273 e. The lowest BCUT2D eigenvalue weighted by atomic mass is 10.3. The molecule has 3 aromatic rings. The predicted octanol–water partition coefficient (Wildman–Crippen LogP) is 3.84. The number of ether oxygens (including phenoxy) is 1.